The van der Waals surface area contributed by atoms with Crippen LogP contribution in [-0.2, 0) is 12.7 Å². The van der Waals surface area contributed by atoms with Gasteiger partial charge in [0.2, 0.25) is 0 Å². The van der Waals surface area contributed by atoms with E-state index in [1.54, 1.807) is 131 Å². The summed E-state index contributed by atoms with van der Waals surface area (Å²) in [5.74, 6) is 0. The van der Waals surface area contributed by atoms with Crippen molar-refractivity contribution in [2.24, 2.45) is 0 Å². The number of anilines is 6. The number of benzene rings is 8. The molecule has 0 aromatic heterocycles. The largest absolute Gasteiger partial charge is 0.311 e. The van der Waals surface area contributed by atoms with Gasteiger partial charge in [-0.3, -0.25) is 0 Å². The van der Waals surface area contributed by atoms with Crippen molar-refractivity contribution in [3.8, 4) is 11.1 Å². The number of nitrogens with zero attached hydrogens (tertiary/aromatic N) is 2. The number of hydrogen-bond acceptors (Lipinski definition) is 2. The molecule has 0 spiro atoms. The first-order valence-corrected chi connectivity index (χ1v) is 16.7. The maximum Gasteiger partial charge on any atom is 0.0645 e. The molecule has 52 heavy (non-hydrogen) atoms. The Labute approximate surface area is 327 Å². The van der Waals surface area contributed by atoms with Gasteiger partial charge >= 0.3 is 0 Å². The van der Waals surface area contributed by atoms with Gasteiger partial charge in [0.25, 0.3) is 0 Å². The highest BCUT2D eigenvalue weighted by molar-refractivity contribution is 5.80. The van der Waals surface area contributed by atoms with Crippen molar-refractivity contribution in [2.45, 2.75) is 12.7 Å². The minimum Gasteiger partial charge on any atom is -0.311 e. The SMILES string of the molecule is [2H]c1c([2H])c([2H])c(N(c2ccc(-c3ccc(N(c4ccc(C([2H])([2H])c5ccccc5)cc4)c4c([2H])c([2H])c([2H])c([2H])c4[2H])cc3)cc2)c2ccc(C([2H])([2H])c3ccccc3)cc2)c([2H])c1[2H]. The van der Waals surface area contributed by atoms with E-state index in [2.05, 4.69) is 0 Å². The Morgan fingerprint density at radius 1 is 0.308 bits per heavy atom. The van der Waals surface area contributed by atoms with Crippen LogP contribution in [0.4, 0.5) is 34.1 Å². The van der Waals surface area contributed by atoms with Crippen molar-refractivity contribution in [3.63, 3.8) is 0 Å². The number of hydrogen-bond donors (Lipinski definition) is 0. The summed E-state index contributed by atoms with van der Waals surface area (Å²) in [6, 6.07) is 40.0. The maximum atomic E-state index is 8.86. The molecule has 0 aliphatic heterocycles. The van der Waals surface area contributed by atoms with E-state index in [9.17, 15) is 0 Å². The molecule has 0 aliphatic rings. The lowest BCUT2D eigenvalue weighted by atomic mass is 10.0. The molecular weight excluding hydrogens is 629 g/mol. The molecule has 2 heteroatoms. The molecule has 0 atom stereocenters. The predicted octanol–water partition coefficient (Wildman–Crippen LogP) is 13.5. The van der Waals surface area contributed by atoms with Crippen LogP contribution in [0.15, 0.2) is 218 Å². The van der Waals surface area contributed by atoms with Crippen molar-refractivity contribution in [3.05, 3.63) is 240 Å². The smallest absolute Gasteiger partial charge is 0.0645 e. The Kier molecular flexibility index (Phi) is 6.04. The van der Waals surface area contributed by atoms with Crippen LogP contribution in [0.25, 0.3) is 11.1 Å². The van der Waals surface area contributed by atoms with Gasteiger partial charge in [0.05, 0.1) is 13.7 Å². The summed E-state index contributed by atoms with van der Waals surface area (Å²) in [4.78, 5) is 3.09. The second-order valence-corrected chi connectivity index (χ2v) is 11.8. The zero-order chi connectivity index (χ0) is 47.2. The van der Waals surface area contributed by atoms with Crippen molar-refractivity contribution in [1.29, 1.82) is 0 Å². The summed E-state index contributed by atoms with van der Waals surface area (Å²) < 4.78 is 121. The topological polar surface area (TPSA) is 6.48 Å². The molecule has 0 amide bonds. The Bertz CT molecular complexity index is 2790. The summed E-state index contributed by atoms with van der Waals surface area (Å²) in [6.45, 7) is 0. The Morgan fingerprint density at radius 3 is 0.923 bits per heavy atom. The van der Waals surface area contributed by atoms with E-state index in [1.165, 1.54) is 0 Å². The molecule has 0 saturated carbocycles. The molecule has 0 saturated heterocycles. The van der Waals surface area contributed by atoms with E-state index >= 15 is 0 Å². The zero-order valence-electron chi connectivity index (χ0n) is 41.9. The second kappa shape index (κ2) is 15.5. The molecule has 0 radical (unpaired) electrons. The van der Waals surface area contributed by atoms with Crippen LogP contribution in [0.3, 0.4) is 0 Å². The number of para-hydroxylation sites is 2. The Balaban J connectivity index is 1.17. The lowest BCUT2D eigenvalue weighted by molar-refractivity contribution is 1.18. The third-order valence-electron chi connectivity index (χ3n) is 8.38. The van der Waals surface area contributed by atoms with E-state index in [0.29, 0.717) is 45.0 Å². The molecule has 0 N–H and O–H groups in total. The zero-order valence-corrected chi connectivity index (χ0v) is 27.9. The fourth-order valence-corrected chi connectivity index (χ4v) is 5.89. The molecular formula is C50H40N2. The predicted molar refractivity (Wildman–Crippen MR) is 220 cm³/mol. The normalized spacial score (nSPS) is 15.2. The lowest BCUT2D eigenvalue weighted by Gasteiger charge is -2.26. The van der Waals surface area contributed by atoms with E-state index in [0.717, 1.165) is 11.1 Å². The molecule has 2 nitrogen and oxygen atoms in total. The van der Waals surface area contributed by atoms with Gasteiger partial charge in [-0.25, -0.2) is 0 Å². The highest BCUT2D eigenvalue weighted by Gasteiger charge is 2.15. The van der Waals surface area contributed by atoms with Crippen molar-refractivity contribution in [1.82, 2.24) is 0 Å². The van der Waals surface area contributed by atoms with Crippen LogP contribution < -0.4 is 9.80 Å². The third kappa shape index (κ3) is 7.57. The standard InChI is InChI=1S/C50H40N2/c1-5-13-39(14-6-1)37-41-21-29-47(30-22-41)51(45-17-9-3-10-18-45)49-33-25-43(26-34-49)44-27-35-50(36-28-44)52(46-19-11-4-12-20-46)48-31-23-42(24-32-48)38-40-15-7-2-8-16-40/h1-36H,37-38H2/i3D,4D,9D,10D,11D,12D,17D,18D,19D,20D,37D2,38D2. The summed E-state index contributed by atoms with van der Waals surface area (Å²) in [7, 11) is 0. The monoisotopic (exact) mass is 682 g/mol. The molecule has 0 aliphatic carbocycles. The average Bonchev–Trinajstić information content (AvgIpc) is 3.35. The first kappa shape index (κ1) is 20.3. The van der Waals surface area contributed by atoms with Gasteiger partial charge in [0.15, 0.2) is 0 Å². The van der Waals surface area contributed by atoms with E-state index in [4.69, 9.17) is 19.2 Å². The fourth-order valence-electron chi connectivity index (χ4n) is 5.89. The quantitative estimate of drug-likeness (QED) is 0.134. The van der Waals surface area contributed by atoms with Crippen LogP contribution in [0, 0.1) is 0 Å². The van der Waals surface area contributed by atoms with Crippen LogP contribution in [0.1, 0.15) is 41.4 Å². The average molecular weight is 683 g/mol. The van der Waals surface area contributed by atoms with Crippen LogP contribution in [0.2, 0.25) is 0 Å². The Hall–Kier alpha value is -6.64. The van der Waals surface area contributed by atoms with Gasteiger partial charge in [-0.05, 0) is 119 Å². The van der Waals surface area contributed by atoms with Crippen molar-refractivity contribution < 1.29 is 19.2 Å². The lowest BCUT2D eigenvalue weighted by Crippen LogP contribution is -2.10. The highest BCUT2D eigenvalue weighted by atomic mass is 15.1. The molecule has 8 rings (SSSR count). The van der Waals surface area contributed by atoms with E-state index in [-0.39, 0.29) is 11.4 Å². The van der Waals surface area contributed by atoms with Crippen molar-refractivity contribution in [2.75, 3.05) is 9.80 Å². The summed E-state index contributed by atoms with van der Waals surface area (Å²) in [6.07, 6.45) is -3.68. The fraction of sp³-hybridized carbons (Fsp3) is 0.0400. The van der Waals surface area contributed by atoms with Gasteiger partial charge in [0, 0.05) is 39.6 Å². The molecule has 0 bridgehead atoms. The molecule has 0 unspecified atom stereocenters. The summed E-state index contributed by atoms with van der Waals surface area (Å²) in [5, 5.41) is 0. The third-order valence-corrected chi connectivity index (χ3v) is 8.38. The molecule has 250 valence electrons. The minimum absolute atomic E-state index is 0.0890. The first-order valence-electron chi connectivity index (χ1n) is 23.7. The first-order chi connectivity index (χ1) is 31.4. The van der Waals surface area contributed by atoms with Crippen LogP contribution in [0.5, 0.6) is 0 Å². The van der Waals surface area contributed by atoms with E-state index < -0.39 is 73.2 Å². The van der Waals surface area contributed by atoms with Crippen LogP contribution in [-0.4, -0.2) is 0 Å². The minimum atomic E-state index is -1.84. The maximum absolute atomic E-state index is 8.86. The summed E-state index contributed by atoms with van der Waals surface area (Å²) in [5.41, 5.74) is 4.72. The van der Waals surface area contributed by atoms with Gasteiger partial charge in [0.1, 0.15) is 0 Å². The molecule has 8 aromatic rings. The molecule has 8 aromatic carbocycles. The van der Waals surface area contributed by atoms with Gasteiger partial charge in [-0.15, -0.1) is 0 Å². The van der Waals surface area contributed by atoms with E-state index in [1.807, 2.05) is 36.4 Å². The molecule has 0 heterocycles. The second-order valence-electron chi connectivity index (χ2n) is 11.8. The summed E-state index contributed by atoms with van der Waals surface area (Å²) >= 11 is 0. The van der Waals surface area contributed by atoms with Gasteiger partial charge in [-0.2, -0.15) is 0 Å². The van der Waals surface area contributed by atoms with Gasteiger partial charge < -0.3 is 9.80 Å². The van der Waals surface area contributed by atoms with Crippen LogP contribution >= 0.6 is 0 Å². The Morgan fingerprint density at radius 2 is 0.596 bits per heavy atom. The highest BCUT2D eigenvalue weighted by Crippen LogP contribution is 2.38. The molecule has 0 fully saturated rings. The number of rotatable bonds is 11. The van der Waals surface area contributed by atoms with Crippen molar-refractivity contribution >= 4 is 34.1 Å². The van der Waals surface area contributed by atoms with Gasteiger partial charge in [-0.1, -0.05) is 145 Å².